The molecule has 10 nitrogen and oxygen atoms in total. The van der Waals surface area contributed by atoms with Gasteiger partial charge >= 0.3 is 18.1 Å². The lowest BCUT2D eigenvalue weighted by atomic mass is 10.1. The van der Waals surface area contributed by atoms with Gasteiger partial charge in [0.25, 0.3) is 0 Å². The lowest BCUT2D eigenvalue weighted by Crippen LogP contribution is -2.79. The zero-order valence-corrected chi connectivity index (χ0v) is 18.4. The second-order valence-corrected chi connectivity index (χ2v) is 9.57. The molecular formula is C17H38N7O3+. The van der Waals surface area contributed by atoms with Crippen molar-refractivity contribution in [1.82, 2.24) is 32.2 Å². The van der Waals surface area contributed by atoms with E-state index in [1.807, 2.05) is 62.3 Å². The van der Waals surface area contributed by atoms with E-state index < -0.39 is 39.5 Å². The summed E-state index contributed by atoms with van der Waals surface area (Å²) < 4.78 is 0. The highest BCUT2D eigenvalue weighted by Crippen LogP contribution is 2.03. The first kappa shape index (κ1) is 24.8. The molecule has 0 spiro atoms. The molecule has 0 aliphatic heterocycles. The standard InChI is InChI=1S/C17H37N7O3/c1-11-24(21-12(25)18-15(2,3)4,22-13(26)19-16(5,6)7)23-14(27)20-17(8,9)10/h11H2,1-10H3,(H5-,18,19,20,21,22,23,25,26,27)/p+1. The molecule has 0 radical (unpaired) electrons. The molecule has 0 aromatic rings. The van der Waals surface area contributed by atoms with E-state index in [1.165, 1.54) is 0 Å². The second-order valence-electron chi connectivity index (χ2n) is 9.57. The number of hydrogen-bond acceptors (Lipinski definition) is 3. The van der Waals surface area contributed by atoms with Gasteiger partial charge in [-0.3, -0.25) is 0 Å². The lowest BCUT2D eigenvalue weighted by Gasteiger charge is -2.36. The molecule has 0 heterocycles. The number of carbonyl (C=O) groups excluding carboxylic acids is 3. The summed E-state index contributed by atoms with van der Waals surface area (Å²) in [6, 6.07) is -1.63. The molecule has 0 unspecified atom stereocenters. The summed E-state index contributed by atoms with van der Waals surface area (Å²) in [5, 5.41) is 8.23. The van der Waals surface area contributed by atoms with Crippen molar-refractivity contribution in [2.45, 2.75) is 85.9 Å². The topological polar surface area (TPSA) is 123 Å². The molecule has 158 valence electrons. The van der Waals surface area contributed by atoms with Gasteiger partial charge in [-0.05, 0) is 74.0 Å². The van der Waals surface area contributed by atoms with Gasteiger partial charge in [0, 0.05) is 16.6 Å². The fraction of sp³-hybridized carbons (Fsp3) is 0.824. The summed E-state index contributed by atoms with van der Waals surface area (Å²) in [6.45, 7) is 18.3. The SMILES string of the molecule is CC[N+](NC(=O)NC(C)(C)C)(NC(=O)NC(C)(C)C)NC(=O)NC(C)(C)C. The van der Waals surface area contributed by atoms with Gasteiger partial charge in [-0.2, -0.15) is 0 Å². The van der Waals surface area contributed by atoms with Crippen molar-refractivity contribution in [3.63, 3.8) is 0 Å². The van der Waals surface area contributed by atoms with Crippen LogP contribution in [0.2, 0.25) is 0 Å². The van der Waals surface area contributed by atoms with Gasteiger partial charge in [-0.25, -0.2) is 14.4 Å². The second kappa shape index (κ2) is 8.64. The Balaban J connectivity index is 5.50. The summed E-state index contributed by atoms with van der Waals surface area (Å²) in [6.07, 6.45) is 0. The highest BCUT2D eigenvalue weighted by atomic mass is 16.2. The van der Waals surface area contributed by atoms with Gasteiger partial charge in [-0.15, -0.1) is 16.3 Å². The largest absolute Gasteiger partial charge is 0.363 e. The average Bonchev–Trinajstić information content (AvgIpc) is 2.30. The Bertz CT molecular complexity index is 468. The monoisotopic (exact) mass is 388 g/mol. The third kappa shape index (κ3) is 11.9. The lowest BCUT2D eigenvalue weighted by molar-refractivity contribution is -1.02. The van der Waals surface area contributed by atoms with Crippen LogP contribution in [-0.2, 0) is 0 Å². The summed E-state index contributed by atoms with van der Waals surface area (Å²) in [5.74, 6) is 0. The van der Waals surface area contributed by atoms with Crippen LogP contribution in [-0.4, -0.2) is 46.1 Å². The molecule has 6 N–H and O–H groups in total. The first-order valence-electron chi connectivity index (χ1n) is 9.06. The van der Waals surface area contributed by atoms with Gasteiger partial charge in [0.1, 0.15) is 6.54 Å². The predicted molar refractivity (Wildman–Crippen MR) is 105 cm³/mol. The zero-order valence-electron chi connectivity index (χ0n) is 18.4. The van der Waals surface area contributed by atoms with E-state index in [4.69, 9.17) is 0 Å². The Morgan fingerprint density at radius 1 is 0.593 bits per heavy atom. The number of amides is 6. The zero-order chi connectivity index (χ0) is 21.7. The van der Waals surface area contributed by atoms with E-state index in [-0.39, 0.29) is 6.54 Å². The Labute approximate surface area is 162 Å². The first-order chi connectivity index (χ1) is 11.9. The molecule has 0 aromatic heterocycles. The molecular weight excluding hydrogens is 350 g/mol. The third-order valence-corrected chi connectivity index (χ3v) is 2.82. The Morgan fingerprint density at radius 2 is 0.815 bits per heavy atom. The molecule has 0 atom stereocenters. The fourth-order valence-electron chi connectivity index (χ4n) is 1.95. The first-order valence-corrected chi connectivity index (χ1v) is 9.06. The van der Waals surface area contributed by atoms with E-state index >= 15 is 0 Å². The van der Waals surface area contributed by atoms with Gasteiger partial charge in [0.2, 0.25) is 0 Å². The molecule has 0 saturated carbocycles. The number of nitrogens with zero attached hydrogens (tertiary/aromatic N) is 1. The number of quaternary nitrogens is 1. The Kier molecular flexibility index (Phi) is 7.93. The Morgan fingerprint density at radius 3 is 0.963 bits per heavy atom. The van der Waals surface area contributed by atoms with Crippen LogP contribution in [0.15, 0.2) is 0 Å². The molecule has 0 bridgehead atoms. The highest BCUT2D eigenvalue weighted by Gasteiger charge is 2.36. The van der Waals surface area contributed by atoms with Crippen molar-refractivity contribution < 1.29 is 19.2 Å². The highest BCUT2D eigenvalue weighted by molar-refractivity contribution is 5.76. The Hall–Kier alpha value is -2.23. The van der Waals surface area contributed by atoms with Gasteiger partial charge < -0.3 is 16.0 Å². The average molecular weight is 389 g/mol. The molecule has 0 aliphatic carbocycles. The maximum absolute atomic E-state index is 12.4. The number of rotatable bonds is 4. The normalized spacial score (nSPS) is 12.7. The third-order valence-electron chi connectivity index (χ3n) is 2.82. The number of nitrogens with one attached hydrogen (secondary N) is 6. The molecule has 10 heteroatoms. The summed E-state index contributed by atoms with van der Waals surface area (Å²) >= 11 is 0. The minimum atomic E-state index is -0.675. The van der Waals surface area contributed by atoms with Crippen molar-refractivity contribution in [2.75, 3.05) is 6.54 Å². The van der Waals surface area contributed by atoms with Crippen molar-refractivity contribution in [3.8, 4) is 0 Å². The van der Waals surface area contributed by atoms with Crippen LogP contribution in [0, 0.1) is 0 Å². The minimum Gasteiger partial charge on any atom is -0.330 e. The van der Waals surface area contributed by atoms with Crippen LogP contribution in [0.5, 0.6) is 0 Å². The van der Waals surface area contributed by atoms with Crippen LogP contribution in [0.4, 0.5) is 14.4 Å². The van der Waals surface area contributed by atoms with Crippen molar-refractivity contribution in [1.29, 1.82) is 0 Å². The molecule has 6 amide bonds. The molecule has 0 saturated heterocycles. The van der Waals surface area contributed by atoms with Gasteiger partial charge in [-0.1, -0.05) is 0 Å². The van der Waals surface area contributed by atoms with Crippen LogP contribution in [0.3, 0.4) is 0 Å². The van der Waals surface area contributed by atoms with Gasteiger partial charge in [0.15, 0.2) is 0 Å². The maximum Gasteiger partial charge on any atom is 0.363 e. The minimum absolute atomic E-state index is 0.159. The molecule has 0 fully saturated rings. The molecule has 27 heavy (non-hydrogen) atoms. The van der Waals surface area contributed by atoms with E-state index in [0.717, 1.165) is 0 Å². The maximum atomic E-state index is 12.4. The van der Waals surface area contributed by atoms with Crippen LogP contribution in [0.1, 0.15) is 69.2 Å². The van der Waals surface area contributed by atoms with E-state index in [9.17, 15) is 14.4 Å². The predicted octanol–water partition coefficient (Wildman–Crippen LogP) is 1.86. The smallest absolute Gasteiger partial charge is 0.330 e. The molecule has 0 aromatic carbocycles. The summed E-state index contributed by atoms with van der Waals surface area (Å²) in [4.78, 5) is 36.5. The van der Waals surface area contributed by atoms with E-state index in [2.05, 4.69) is 32.2 Å². The van der Waals surface area contributed by atoms with E-state index in [0.29, 0.717) is 0 Å². The summed E-state index contributed by atoms with van der Waals surface area (Å²) in [5.41, 5.74) is 6.37. The quantitative estimate of drug-likeness (QED) is 0.325. The summed E-state index contributed by atoms with van der Waals surface area (Å²) in [7, 11) is 0. The fourth-order valence-corrected chi connectivity index (χ4v) is 1.95. The van der Waals surface area contributed by atoms with Crippen LogP contribution in [0.25, 0.3) is 0 Å². The number of hydrogen-bond donors (Lipinski definition) is 6. The van der Waals surface area contributed by atoms with Crippen LogP contribution >= 0.6 is 0 Å². The number of carbonyl (C=O) groups is 3. The number of urea groups is 3. The molecule has 0 aliphatic rings. The molecule has 0 rings (SSSR count). The van der Waals surface area contributed by atoms with Crippen LogP contribution < -0.4 is 32.2 Å². The van der Waals surface area contributed by atoms with E-state index in [1.54, 1.807) is 6.92 Å². The van der Waals surface area contributed by atoms with Crippen molar-refractivity contribution in [2.24, 2.45) is 0 Å². The van der Waals surface area contributed by atoms with Gasteiger partial charge in [0.05, 0.1) is 0 Å². The van der Waals surface area contributed by atoms with Crippen molar-refractivity contribution in [3.05, 3.63) is 0 Å². The van der Waals surface area contributed by atoms with Crippen molar-refractivity contribution >= 4 is 18.1 Å².